The van der Waals surface area contributed by atoms with Crippen molar-refractivity contribution in [3.63, 3.8) is 0 Å². The molecule has 0 aliphatic rings. The summed E-state index contributed by atoms with van der Waals surface area (Å²) in [7, 11) is 0. The van der Waals surface area contributed by atoms with E-state index < -0.39 is 17.8 Å². The first-order valence-electron chi connectivity index (χ1n) is 6.45. The van der Waals surface area contributed by atoms with Crippen molar-refractivity contribution in [1.29, 1.82) is 0 Å². The minimum absolute atomic E-state index is 0.304. The highest BCUT2D eigenvalue weighted by Crippen LogP contribution is 2.35. The first kappa shape index (κ1) is 19.9. The van der Waals surface area contributed by atoms with Gasteiger partial charge < -0.3 is 11.5 Å². The van der Waals surface area contributed by atoms with Crippen LogP contribution in [0, 0.1) is 0 Å². The van der Waals surface area contributed by atoms with E-state index in [1.807, 2.05) is 0 Å². The van der Waals surface area contributed by atoms with Crippen LogP contribution in [0.1, 0.15) is 16.7 Å². The van der Waals surface area contributed by atoms with E-state index in [0.717, 1.165) is 11.6 Å². The zero-order chi connectivity index (χ0) is 18.3. The van der Waals surface area contributed by atoms with Gasteiger partial charge in [0.25, 0.3) is 0 Å². The molecule has 24 heavy (non-hydrogen) atoms. The molecule has 0 atom stereocenters. The topological polar surface area (TPSA) is 69.1 Å². The molecule has 128 valence electrons. The molecule has 2 aromatic carbocycles. The molecule has 0 unspecified atom stereocenters. The molecule has 0 aliphatic heterocycles. The fraction of sp³-hybridized carbons (Fsp3) is 0.0625. The molecule has 0 spiro atoms. The summed E-state index contributed by atoms with van der Waals surface area (Å²) in [6.45, 7) is 0. The van der Waals surface area contributed by atoms with Crippen LogP contribution < -0.4 is 11.5 Å². The van der Waals surface area contributed by atoms with E-state index in [0.29, 0.717) is 10.6 Å². The molecule has 0 radical (unpaired) electrons. The van der Waals surface area contributed by atoms with E-state index in [2.05, 4.69) is 11.5 Å². The van der Waals surface area contributed by atoms with Gasteiger partial charge in [-0.1, -0.05) is 53.6 Å². The van der Waals surface area contributed by atoms with Gasteiger partial charge in [-0.05, 0) is 35.4 Å². The monoisotopic (exact) mass is 376 g/mol. The van der Waals surface area contributed by atoms with E-state index in [1.54, 1.807) is 36.4 Å². The summed E-state index contributed by atoms with van der Waals surface area (Å²) in [4.78, 5) is 9.00. The van der Waals surface area contributed by atoms with Crippen molar-refractivity contribution in [2.24, 2.45) is 11.5 Å². The highest BCUT2D eigenvalue weighted by atomic mass is 35.5. The van der Waals surface area contributed by atoms with E-state index in [4.69, 9.17) is 28.0 Å². The average molecular weight is 377 g/mol. The van der Waals surface area contributed by atoms with Crippen LogP contribution in [0.25, 0.3) is 12.2 Å². The molecular formula is C16H13Cl2F3N2O. The molecule has 2 rings (SSSR count). The maximum atomic E-state index is 12.7. The lowest BCUT2D eigenvalue weighted by Crippen LogP contribution is -2.18. The summed E-state index contributed by atoms with van der Waals surface area (Å²) < 4.78 is 38.1. The van der Waals surface area contributed by atoms with Gasteiger partial charge in [0.1, 0.15) is 0 Å². The molecule has 0 fully saturated rings. The highest BCUT2D eigenvalue weighted by Gasteiger charge is 2.33. The van der Waals surface area contributed by atoms with Gasteiger partial charge in [-0.3, -0.25) is 0 Å². The van der Waals surface area contributed by atoms with Crippen LogP contribution >= 0.6 is 23.2 Å². The SMILES string of the molecule is FC(F)(F)c1cc(C=Cc2ccc(Cl)cc2)ccc1Cl.NC(N)=O. The fourth-order valence-corrected chi connectivity index (χ4v) is 1.98. The Morgan fingerprint density at radius 2 is 1.38 bits per heavy atom. The summed E-state index contributed by atoms with van der Waals surface area (Å²) in [6, 6.07) is 9.94. The zero-order valence-corrected chi connectivity index (χ0v) is 13.7. The maximum absolute atomic E-state index is 12.7. The Kier molecular flexibility index (Phi) is 7.13. The van der Waals surface area contributed by atoms with Gasteiger partial charge in [-0.15, -0.1) is 0 Å². The molecule has 8 heteroatoms. The Morgan fingerprint density at radius 3 is 1.88 bits per heavy atom. The minimum atomic E-state index is -4.46. The second-order valence-corrected chi connectivity index (χ2v) is 5.37. The van der Waals surface area contributed by atoms with E-state index in [9.17, 15) is 13.2 Å². The van der Waals surface area contributed by atoms with Gasteiger partial charge in [0.2, 0.25) is 0 Å². The molecule has 0 saturated heterocycles. The number of nitrogens with two attached hydrogens (primary N) is 2. The number of primary amides is 2. The Bertz CT molecular complexity index is 725. The molecule has 2 aromatic rings. The number of hydrogen-bond acceptors (Lipinski definition) is 1. The lowest BCUT2D eigenvalue weighted by molar-refractivity contribution is -0.137. The van der Waals surface area contributed by atoms with Gasteiger partial charge in [0.15, 0.2) is 0 Å². The second-order valence-electron chi connectivity index (χ2n) is 4.52. The van der Waals surface area contributed by atoms with Gasteiger partial charge in [0, 0.05) is 5.02 Å². The zero-order valence-electron chi connectivity index (χ0n) is 12.1. The summed E-state index contributed by atoms with van der Waals surface area (Å²) in [6.07, 6.45) is -1.16. The van der Waals surface area contributed by atoms with Crippen LogP contribution in [-0.2, 0) is 6.18 Å². The normalized spacial score (nSPS) is 11.0. The van der Waals surface area contributed by atoms with Crippen LogP contribution in [-0.4, -0.2) is 6.03 Å². The quantitative estimate of drug-likeness (QED) is 0.694. The van der Waals surface area contributed by atoms with E-state index in [-0.39, 0.29) is 5.02 Å². The van der Waals surface area contributed by atoms with Crippen molar-refractivity contribution >= 4 is 41.4 Å². The van der Waals surface area contributed by atoms with Gasteiger partial charge >= 0.3 is 12.2 Å². The van der Waals surface area contributed by atoms with Crippen molar-refractivity contribution < 1.29 is 18.0 Å². The highest BCUT2D eigenvalue weighted by molar-refractivity contribution is 6.31. The molecule has 0 bridgehead atoms. The predicted octanol–water partition coefficient (Wildman–Crippen LogP) is 5.21. The van der Waals surface area contributed by atoms with Crippen molar-refractivity contribution in [1.82, 2.24) is 0 Å². The number of hydrogen-bond donors (Lipinski definition) is 2. The standard InChI is InChI=1S/C15H9Cl2F3.CH4N2O/c16-12-6-3-10(4-7-12)1-2-11-5-8-14(17)13(9-11)15(18,19)20;2-1(3)4/h1-9H;(H4,2,3,4). The molecule has 0 heterocycles. The van der Waals surface area contributed by atoms with Crippen LogP contribution in [0.15, 0.2) is 42.5 Å². The Morgan fingerprint density at radius 1 is 0.917 bits per heavy atom. The summed E-state index contributed by atoms with van der Waals surface area (Å²) in [5.41, 5.74) is 8.94. The molecular weight excluding hydrogens is 364 g/mol. The van der Waals surface area contributed by atoms with Gasteiger partial charge in [0.05, 0.1) is 10.6 Å². The lowest BCUT2D eigenvalue weighted by Gasteiger charge is -2.09. The van der Waals surface area contributed by atoms with E-state index >= 15 is 0 Å². The number of carbonyl (C=O) groups is 1. The smallest absolute Gasteiger partial charge is 0.352 e. The van der Waals surface area contributed by atoms with E-state index in [1.165, 1.54) is 12.1 Å². The number of alkyl halides is 3. The summed E-state index contributed by atoms with van der Waals surface area (Å²) in [5, 5.41) is 0.300. The fourth-order valence-electron chi connectivity index (χ4n) is 1.63. The van der Waals surface area contributed by atoms with Crippen LogP contribution in [0.2, 0.25) is 10.0 Å². The number of amides is 2. The number of halogens is 5. The molecule has 4 N–H and O–H groups in total. The molecule has 0 aliphatic carbocycles. The Balaban J connectivity index is 0.000000648. The number of benzene rings is 2. The third-order valence-corrected chi connectivity index (χ3v) is 3.22. The van der Waals surface area contributed by atoms with Gasteiger partial charge in [-0.2, -0.15) is 13.2 Å². The van der Waals surface area contributed by atoms with Crippen molar-refractivity contribution in [2.45, 2.75) is 6.18 Å². The van der Waals surface area contributed by atoms with Crippen molar-refractivity contribution in [2.75, 3.05) is 0 Å². The Labute approximate surface area is 146 Å². The number of rotatable bonds is 2. The lowest BCUT2D eigenvalue weighted by atomic mass is 10.1. The van der Waals surface area contributed by atoms with Crippen molar-refractivity contribution in [3.05, 3.63) is 69.2 Å². The third kappa shape index (κ3) is 6.93. The van der Waals surface area contributed by atoms with Gasteiger partial charge in [-0.25, -0.2) is 4.79 Å². The molecule has 0 aromatic heterocycles. The van der Waals surface area contributed by atoms with Crippen LogP contribution in [0.3, 0.4) is 0 Å². The average Bonchev–Trinajstić information content (AvgIpc) is 2.46. The molecule has 0 saturated carbocycles. The van der Waals surface area contributed by atoms with Crippen molar-refractivity contribution in [3.8, 4) is 0 Å². The number of carbonyl (C=O) groups excluding carboxylic acids is 1. The summed E-state index contributed by atoms with van der Waals surface area (Å²) >= 11 is 11.3. The molecule has 2 amide bonds. The second kappa shape index (κ2) is 8.61. The maximum Gasteiger partial charge on any atom is 0.417 e. The summed E-state index contributed by atoms with van der Waals surface area (Å²) in [5.74, 6) is 0. The molecule has 3 nitrogen and oxygen atoms in total. The minimum Gasteiger partial charge on any atom is -0.352 e. The first-order valence-corrected chi connectivity index (χ1v) is 7.20. The van der Waals surface area contributed by atoms with Crippen LogP contribution in [0.5, 0.6) is 0 Å². The van der Waals surface area contributed by atoms with Crippen LogP contribution in [0.4, 0.5) is 18.0 Å². The Hall–Kier alpha value is -2.18. The number of urea groups is 1. The largest absolute Gasteiger partial charge is 0.417 e. The third-order valence-electron chi connectivity index (χ3n) is 2.63. The first-order chi connectivity index (χ1) is 11.1. The predicted molar refractivity (Wildman–Crippen MR) is 90.6 cm³/mol.